The van der Waals surface area contributed by atoms with Crippen LogP contribution in [0.3, 0.4) is 0 Å². The summed E-state index contributed by atoms with van der Waals surface area (Å²) in [6.45, 7) is 0. The molecule has 30 heavy (non-hydrogen) atoms. The Morgan fingerprint density at radius 1 is 0.600 bits per heavy atom. The van der Waals surface area contributed by atoms with Gasteiger partial charge < -0.3 is 11.5 Å². The van der Waals surface area contributed by atoms with Crippen molar-refractivity contribution < 1.29 is 29.0 Å². The molecule has 0 amide bonds. The van der Waals surface area contributed by atoms with Gasteiger partial charge in [-0.05, 0) is 0 Å². The lowest BCUT2D eigenvalue weighted by molar-refractivity contribution is -0.401. The third-order valence-electron chi connectivity index (χ3n) is 3.21. The van der Waals surface area contributed by atoms with Crippen LogP contribution in [-0.4, -0.2) is 24.6 Å². The number of nitrogens with zero attached hydrogens (tertiary/aromatic N) is 5. The van der Waals surface area contributed by atoms with Gasteiger partial charge in [-0.2, -0.15) is 4.39 Å². The fourth-order valence-corrected chi connectivity index (χ4v) is 1.88. The lowest BCUT2D eigenvalue weighted by atomic mass is 10.2. The van der Waals surface area contributed by atoms with Crippen molar-refractivity contribution in [3.63, 3.8) is 0 Å². The van der Waals surface area contributed by atoms with Gasteiger partial charge in [0.25, 0.3) is 11.4 Å². The highest BCUT2D eigenvalue weighted by Crippen LogP contribution is 2.35. The Bertz CT molecular complexity index is 1020. The van der Waals surface area contributed by atoms with E-state index in [1.165, 1.54) is 0 Å². The van der Waals surface area contributed by atoms with Crippen molar-refractivity contribution in [2.24, 2.45) is 0 Å². The van der Waals surface area contributed by atoms with Gasteiger partial charge in [0.05, 0.1) is 42.8 Å². The number of rotatable bonds is 5. The number of non-ortho nitro benzene ring substituents is 1. The van der Waals surface area contributed by atoms with Gasteiger partial charge in [0.2, 0.25) is 5.82 Å². The predicted octanol–water partition coefficient (Wildman–Crippen LogP) is 2.22. The van der Waals surface area contributed by atoms with Crippen LogP contribution in [0, 0.1) is 56.4 Å². The van der Waals surface area contributed by atoms with Crippen molar-refractivity contribution in [1.82, 2.24) is 0 Å². The molecule has 0 atom stereocenters. The summed E-state index contributed by atoms with van der Waals surface area (Å²) in [4.78, 5) is 46.8. The van der Waals surface area contributed by atoms with Crippen LogP contribution in [0.25, 0.3) is 0 Å². The zero-order valence-corrected chi connectivity index (χ0v) is 14.2. The SMILES string of the molecule is Nc1c([N+](=O)[O-])cc([N+](=O)[O-])cc1[N+](=O)[O-].Nc1cc(F)c([N+](=O)[O-])cc1[N+](=O)[O-]. The van der Waals surface area contributed by atoms with Gasteiger partial charge in [0.15, 0.2) is 5.69 Å². The third-order valence-corrected chi connectivity index (χ3v) is 3.21. The summed E-state index contributed by atoms with van der Waals surface area (Å²) < 4.78 is 12.8. The van der Waals surface area contributed by atoms with E-state index in [0.29, 0.717) is 24.3 Å². The second kappa shape index (κ2) is 8.77. The smallest absolute Gasteiger partial charge is 0.311 e. The van der Waals surface area contributed by atoms with Crippen molar-refractivity contribution in [3.05, 3.63) is 80.7 Å². The topological polar surface area (TPSA) is 268 Å². The molecule has 0 aliphatic rings. The van der Waals surface area contributed by atoms with Gasteiger partial charge in [-0.3, -0.25) is 50.6 Å². The van der Waals surface area contributed by atoms with Crippen LogP contribution < -0.4 is 11.5 Å². The summed E-state index contributed by atoms with van der Waals surface area (Å²) in [5.41, 5.74) is 4.95. The average Bonchev–Trinajstić information content (AvgIpc) is 2.60. The van der Waals surface area contributed by atoms with Crippen LogP contribution in [0.1, 0.15) is 0 Å². The Morgan fingerprint density at radius 2 is 1.00 bits per heavy atom. The molecule has 0 saturated heterocycles. The average molecular weight is 429 g/mol. The highest BCUT2D eigenvalue weighted by molar-refractivity contribution is 5.74. The van der Waals surface area contributed by atoms with E-state index in [1.807, 2.05) is 0 Å². The van der Waals surface area contributed by atoms with E-state index in [9.17, 15) is 55.0 Å². The number of benzene rings is 2. The number of nitro benzene ring substituents is 5. The minimum atomic E-state index is -1.20. The van der Waals surface area contributed by atoms with Gasteiger partial charge >= 0.3 is 17.1 Å². The van der Waals surface area contributed by atoms with Crippen molar-refractivity contribution >= 4 is 39.8 Å². The zero-order chi connectivity index (χ0) is 23.3. The van der Waals surface area contributed by atoms with Gasteiger partial charge in [-0.1, -0.05) is 0 Å². The second-order valence-electron chi connectivity index (χ2n) is 5.05. The molecule has 0 heterocycles. The van der Waals surface area contributed by atoms with Crippen LogP contribution in [-0.2, 0) is 0 Å². The first-order chi connectivity index (χ1) is 13.8. The Hall–Kier alpha value is -5.03. The van der Waals surface area contributed by atoms with Crippen molar-refractivity contribution in [3.8, 4) is 0 Å². The molecule has 0 aromatic heterocycles. The van der Waals surface area contributed by atoms with Gasteiger partial charge in [-0.25, -0.2) is 0 Å². The van der Waals surface area contributed by atoms with E-state index < -0.39 is 70.2 Å². The quantitative estimate of drug-likeness (QED) is 0.393. The lowest BCUT2D eigenvalue weighted by Gasteiger charge is -1.98. The monoisotopic (exact) mass is 429 g/mol. The maximum atomic E-state index is 12.8. The molecule has 2 aromatic carbocycles. The first kappa shape index (κ1) is 23.0. The third kappa shape index (κ3) is 5.03. The lowest BCUT2D eigenvalue weighted by Crippen LogP contribution is -2.02. The van der Waals surface area contributed by atoms with Crippen molar-refractivity contribution in [1.29, 1.82) is 0 Å². The highest BCUT2D eigenvalue weighted by atomic mass is 19.1. The normalized spacial score (nSPS) is 9.77. The van der Waals surface area contributed by atoms with Crippen LogP contribution in [0.5, 0.6) is 0 Å². The Kier molecular flexibility index (Phi) is 6.73. The standard InChI is InChI=1S/C6H4FN3O4.C6H4N4O6/c7-3-1-4(8)6(10(13)14)2-5(3)9(11)12;7-6-4(9(13)14)1-3(8(11)12)2-5(6)10(15)16/h1-2H,8H2;1-2H,7H2. The number of nitrogens with two attached hydrogens (primary N) is 2. The van der Waals surface area contributed by atoms with Gasteiger partial charge in [-0.15, -0.1) is 0 Å². The maximum absolute atomic E-state index is 12.8. The Balaban J connectivity index is 0.000000303. The fraction of sp³-hybridized carbons (Fsp3) is 0. The van der Waals surface area contributed by atoms with Crippen molar-refractivity contribution in [2.75, 3.05) is 11.5 Å². The van der Waals surface area contributed by atoms with Crippen molar-refractivity contribution in [2.45, 2.75) is 0 Å². The van der Waals surface area contributed by atoms with Crippen LogP contribution in [0.4, 0.5) is 44.2 Å². The number of hydrogen-bond donors (Lipinski definition) is 2. The molecule has 4 N–H and O–H groups in total. The molecule has 18 heteroatoms. The summed E-state index contributed by atoms with van der Waals surface area (Å²) in [6, 6.07) is 2.19. The predicted molar refractivity (Wildman–Crippen MR) is 94.9 cm³/mol. The minimum Gasteiger partial charge on any atom is -0.393 e. The molecule has 2 rings (SSSR count). The molecular weight excluding hydrogens is 421 g/mol. The largest absolute Gasteiger partial charge is 0.393 e. The molecule has 0 spiro atoms. The summed E-state index contributed by atoms with van der Waals surface area (Å²) in [7, 11) is 0. The fourth-order valence-electron chi connectivity index (χ4n) is 1.88. The highest BCUT2D eigenvalue weighted by Gasteiger charge is 2.28. The molecule has 17 nitrogen and oxygen atoms in total. The minimum absolute atomic E-state index is 0.446. The second-order valence-corrected chi connectivity index (χ2v) is 5.05. The van der Waals surface area contributed by atoms with E-state index in [2.05, 4.69) is 0 Å². The first-order valence-electron chi connectivity index (χ1n) is 7.02. The summed E-state index contributed by atoms with van der Waals surface area (Å²) in [5.74, 6) is -1.20. The summed E-state index contributed by atoms with van der Waals surface area (Å²) in [5, 5.41) is 51.8. The first-order valence-corrected chi connectivity index (χ1v) is 7.02. The van der Waals surface area contributed by atoms with E-state index in [-0.39, 0.29) is 0 Å². The van der Waals surface area contributed by atoms with Crippen LogP contribution in [0.2, 0.25) is 0 Å². The Morgan fingerprint density at radius 3 is 1.33 bits per heavy atom. The van der Waals surface area contributed by atoms with E-state index in [1.54, 1.807) is 0 Å². The molecule has 2 aromatic rings. The molecule has 0 unspecified atom stereocenters. The number of halogens is 1. The van der Waals surface area contributed by atoms with Crippen LogP contribution >= 0.6 is 0 Å². The number of nitro groups is 5. The Labute approximate surface area is 162 Å². The molecule has 0 aliphatic carbocycles. The maximum Gasteiger partial charge on any atom is 0.311 e. The molecule has 0 radical (unpaired) electrons. The molecule has 158 valence electrons. The van der Waals surface area contributed by atoms with E-state index >= 15 is 0 Å². The molecule has 0 aliphatic heterocycles. The molecule has 0 saturated carbocycles. The number of anilines is 2. The van der Waals surface area contributed by atoms with E-state index in [0.717, 1.165) is 0 Å². The number of hydrogen-bond acceptors (Lipinski definition) is 12. The summed E-state index contributed by atoms with van der Waals surface area (Å²) >= 11 is 0. The van der Waals surface area contributed by atoms with Crippen LogP contribution in [0.15, 0.2) is 24.3 Å². The summed E-state index contributed by atoms with van der Waals surface area (Å²) in [6.07, 6.45) is 0. The van der Waals surface area contributed by atoms with Gasteiger partial charge in [0, 0.05) is 6.07 Å². The zero-order valence-electron chi connectivity index (χ0n) is 14.2. The molecular formula is C12H8FN7O10. The molecule has 0 fully saturated rings. The van der Waals surface area contributed by atoms with E-state index in [4.69, 9.17) is 11.5 Å². The van der Waals surface area contributed by atoms with Gasteiger partial charge in [0.1, 0.15) is 5.69 Å². The molecule has 0 bridgehead atoms. The number of nitrogen functional groups attached to an aromatic ring is 2.